The topological polar surface area (TPSA) is 79.4 Å². The Bertz CT molecular complexity index is 943. The number of esters is 1. The lowest BCUT2D eigenvalue weighted by molar-refractivity contribution is 0.0521. The van der Waals surface area contributed by atoms with E-state index in [0.29, 0.717) is 21.3 Å². The lowest BCUT2D eigenvalue weighted by Crippen LogP contribution is -2.19. The van der Waals surface area contributed by atoms with Crippen molar-refractivity contribution in [3.05, 3.63) is 51.4 Å². The van der Waals surface area contributed by atoms with E-state index in [2.05, 4.69) is 4.98 Å². The molecule has 3 rings (SSSR count). The number of aromatic hydroxyl groups is 1. The molecule has 0 unspecified atom stereocenters. The molecule has 3 aromatic rings. The number of hydrogen-bond acceptors (Lipinski definition) is 5. The monoisotopic (exact) mass is 333 g/mol. The Morgan fingerprint density at radius 3 is 2.70 bits per heavy atom. The Morgan fingerprint density at radius 2 is 2.04 bits per heavy atom. The average molecular weight is 333 g/mol. The molecular weight excluding hydrogens is 321 g/mol. The first kappa shape index (κ1) is 15.2. The number of aromatic amines is 1. The van der Waals surface area contributed by atoms with E-state index < -0.39 is 22.8 Å². The molecule has 2 aromatic heterocycles. The highest BCUT2D eigenvalue weighted by molar-refractivity contribution is 7.17. The summed E-state index contributed by atoms with van der Waals surface area (Å²) in [6.07, 6.45) is 0. The van der Waals surface area contributed by atoms with Crippen molar-refractivity contribution in [2.45, 2.75) is 6.92 Å². The lowest BCUT2D eigenvalue weighted by Gasteiger charge is -2.06. The number of hydrogen-bond donors (Lipinski definition) is 2. The molecule has 0 radical (unpaired) electrons. The van der Waals surface area contributed by atoms with Gasteiger partial charge in [0, 0.05) is 10.9 Å². The minimum Gasteiger partial charge on any atom is -0.506 e. The van der Waals surface area contributed by atoms with Crippen molar-refractivity contribution in [3.8, 4) is 16.9 Å². The summed E-state index contributed by atoms with van der Waals surface area (Å²) in [7, 11) is 0. The summed E-state index contributed by atoms with van der Waals surface area (Å²) in [4.78, 5) is 26.9. The fraction of sp³-hybridized carbons (Fsp3) is 0.125. The molecule has 0 atom stereocenters. The Kier molecular flexibility index (Phi) is 3.87. The number of nitrogens with one attached hydrogen (secondary N) is 1. The van der Waals surface area contributed by atoms with E-state index >= 15 is 0 Å². The molecule has 0 saturated carbocycles. The first-order valence-corrected chi connectivity index (χ1v) is 7.70. The van der Waals surface area contributed by atoms with E-state index in [0.717, 1.165) is 0 Å². The molecule has 0 saturated heterocycles. The SMILES string of the molecule is CCOC(=O)c1c(O)c2c(-c3ccc(F)cc3)csc2[nH]c1=O. The van der Waals surface area contributed by atoms with E-state index in [4.69, 9.17) is 4.74 Å². The summed E-state index contributed by atoms with van der Waals surface area (Å²) in [5.41, 5.74) is 0.126. The van der Waals surface area contributed by atoms with Crippen molar-refractivity contribution in [2.75, 3.05) is 6.61 Å². The molecule has 2 N–H and O–H groups in total. The van der Waals surface area contributed by atoms with Gasteiger partial charge < -0.3 is 14.8 Å². The molecule has 2 heterocycles. The van der Waals surface area contributed by atoms with Crippen LogP contribution in [0.15, 0.2) is 34.4 Å². The van der Waals surface area contributed by atoms with Crippen molar-refractivity contribution >= 4 is 27.5 Å². The quantitative estimate of drug-likeness (QED) is 0.721. The fourth-order valence-electron chi connectivity index (χ4n) is 2.32. The van der Waals surface area contributed by atoms with Gasteiger partial charge in [-0.2, -0.15) is 0 Å². The summed E-state index contributed by atoms with van der Waals surface area (Å²) < 4.78 is 17.9. The summed E-state index contributed by atoms with van der Waals surface area (Å²) in [6.45, 7) is 1.69. The fourth-order valence-corrected chi connectivity index (χ4v) is 3.28. The Hall–Kier alpha value is -2.67. The van der Waals surface area contributed by atoms with E-state index in [1.54, 1.807) is 24.4 Å². The zero-order chi connectivity index (χ0) is 16.6. The second-order valence-electron chi connectivity index (χ2n) is 4.76. The van der Waals surface area contributed by atoms with Crippen molar-refractivity contribution in [3.63, 3.8) is 0 Å². The summed E-state index contributed by atoms with van der Waals surface area (Å²) in [5, 5.41) is 12.5. The molecular formula is C16H12FNO4S. The van der Waals surface area contributed by atoms with Gasteiger partial charge in [0.05, 0.1) is 12.0 Å². The molecule has 1 aromatic carbocycles. The molecule has 0 bridgehead atoms. The maximum Gasteiger partial charge on any atom is 0.347 e. The van der Waals surface area contributed by atoms with Crippen LogP contribution in [0.1, 0.15) is 17.3 Å². The van der Waals surface area contributed by atoms with Crippen LogP contribution in [0.2, 0.25) is 0 Å². The van der Waals surface area contributed by atoms with Gasteiger partial charge in [-0.25, -0.2) is 9.18 Å². The Morgan fingerprint density at radius 1 is 1.35 bits per heavy atom. The minimum atomic E-state index is -0.885. The van der Waals surface area contributed by atoms with Gasteiger partial charge in [-0.15, -0.1) is 11.3 Å². The molecule has 0 aliphatic rings. The molecule has 118 valence electrons. The third-order valence-electron chi connectivity index (χ3n) is 3.35. The van der Waals surface area contributed by atoms with Crippen LogP contribution in [0.25, 0.3) is 21.3 Å². The van der Waals surface area contributed by atoms with E-state index in [1.807, 2.05) is 0 Å². The third-order valence-corrected chi connectivity index (χ3v) is 4.25. The number of ether oxygens (including phenoxy) is 1. The summed E-state index contributed by atoms with van der Waals surface area (Å²) >= 11 is 1.21. The van der Waals surface area contributed by atoms with Gasteiger partial charge in [0.2, 0.25) is 0 Å². The molecule has 0 aliphatic carbocycles. The number of carbonyl (C=O) groups is 1. The third kappa shape index (κ3) is 2.59. The maximum absolute atomic E-state index is 13.1. The van der Waals surface area contributed by atoms with Gasteiger partial charge in [0.15, 0.2) is 5.56 Å². The largest absolute Gasteiger partial charge is 0.506 e. The number of rotatable bonds is 3. The van der Waals surface area contributed by atoms with Crippen LogP contribution in [0.4, 0.5) is 4.39 Å². The highest BCUT2D eigenvalue weighted by atomic mass is 32.1. The van der Waals surface area contributed by atoms with Crippen molar-refractivity contribution in [1.29, 1.82) is 0 Å². The van der Waals surface area contributed by atoms with Crippen LogP contribution in [0.5, 0.6) is 5.75 Å². The molecule has 23 heavy (non-hydrogen) atoms. The molecule has 5 nitrogen and oxygen atoms in total. The van der Waals surface area contributed by atoms with E-state index in [9.17, 15) is 19.1 Å². The normalized spacial score (nSPS) is 10.9. The highest BCUT2D eigenvalue weighted by Crippen LogP contribution is 2.38. The number of benzene rings is 1. The molecule has 0 amide bonds. The number of carbonyl (C=O) groups excluding carboxylic acids is 1. The van der Waals surface area contributed by atoms with Gasteiger partial charge in [0.1, 0.15) is 16.4 Å². The van der Waals surface area contributed by atoms with Crippen molar-refractivity contribution in [2.24, 2.45) is 0 Å². The van der Waals surface area contributed by atoms with Gasteiger partial charge in [-0.3, -0.25) is 4.79 Å². The first-order valence-electron chi connectivity index (χ1n) is 6.82. The number of halogens is 1. The second kappa shape index (κ2) is 5.85. The number of H-pyrrole nitrogens is 1. The molecule has 7 heteroatoms. The van der Waals surface area contributed by atoms with Crippen LogP contribution in [0.3, 0.4) is 0 Å². The van der Waals surface area contributed by atoms with Crippen molar-refractivity contribution < 1.29 is 19.0 Å². The van der Waals surface area contributed by atoms with Gasteiger partial charge in [-0.1, -0.05) is 12.1 Å². The smallest absolute Gasteiger partial charge is 0.347 e. The Balaban J connectivity index is 2.26. The number of aromatic nitrogens is 1. The molecule has 0 spiro atoms. The molecule has 0 aliphatic heterocycles. The van der Waals surface area contributed by atoms with Crippen LogP contribution in [-0.2, 0) is 4.74 Å². The van der Waals surface area contributed by atoms with E-state index in [-0.39, 0.29) is 12.4 Å². The van der Waals surface area contributed by atoms with Gasteiger partial charge in [0.25, 0.3) is 5.56 Å². The van der Waals surface area contributed by atoms with Crippen LogP contribution in [0, 0.1) is 5.82 Å². The maximum atomic E-state index is 13.1. The first-order chi connectivity index (χ1) is 11.0. The lowest BCUT2D eigenvalue weighted by atomic mass is 10.0. The van der Waals surface area contributed by atoms with Gasteiger partial charge in [-0.05, 0) is 24.6 Å². The van der Waals surface area contributed by atoms with Crippen LogP contribution in [-0.4, -0.2) is 22.7 Å². The van der Waals surface area contributed by atoms with Crippen molar-refractivity contribution in [1.82, 2.24) is 4.98 Å². The zero-order valence-electron chi connectivity index (χ0n) is 12.1. The predicted molar refractivity (Wildman–Crippen MR) is 85.5 cm³/mol. The Labute approximate surface area is 134 Å². The number of thiophene rings is 1. The highest BCUT2D eigenvalue weighted by Gasteiger charge is 2.23. The predicted octanol–water partition coefficient (Wildman–Crippen LogP) is 3.28. The van der Waals surface area contributed by atoms with Gasteiger partial charge >= 0.3 is 5.97 Å². The van der Waals surface area contributed by atoms with E-state index in [1.165, 1.54) is 23.5 Å². The number of fused-ring (bicyclic) bond motifs is 1. The van der Waals surface area contributed by atoms with Crippen LogP contribution >= 0.6 is 11.3 Å². The minimum absolute atomic E-state index is 0.0875. The summed E-state index contributed by atoms with van der Waals surface area (Å²) in [6, 6.07) is 5.72. The molecule has 0 fully saturated rings. The second-order valence-corrected chi connectivity index (χ2v) is 5.64. The zero-order valence-corrected chi connectivity index (χ0v) is 12.9. The average Bonchev–Trinajstić information content (AvgIpc) is 2.92. The standard InChI is InChI=1S/C16H12FNO4S/c1-2-22-16(21)12-13(19)11-10(7-23-15(11)18-14(12)20)8-3-5-9(17)6-4-8/h3-7H,2H2,1H3,(H2,18,19,20). The number of pyridine rings is 1. The van der Waals surface area contributed by atoms with Crippen LogP contribution < -0.4 is 5.56 Å². The summed E-state index contributed by atoms with van der Waals surface area (Å²) in [5.74, 6) is -1.69.